The molecule has 0 aliphatic carbocycles. The van der Waals surface area contributed by atoms with Crippen LogP contribution in [0.4, 0.5) is 0 Å². The van der Waals surface area contributed by atoms with Crippen molar-refractivity contribution in [3.63, 3.8) is 0 Å². The minimum absolute atomic E-state index is 0. The van der Waals surface area contributed by atoms with Crippen LogP contribution in [0.15, 0.2) is 24.3 Å². The van der Waals surface area contributed by atoms with E-state index in [2.05, 4.69) is 4.98 Å². The fraction of sp³-hybridized carbons (Fsp3) is 0.440. The number of ether oxygens (including phenoxy) is 2. The third kappa shape index (κ3) is 5.94. The van der Waals surface area contributed by atoms with E-state index in [-0.39, 0.29) is 35.1 Å². The molecule has 0 radical (unpaired) electrons. The molecule has 1 aromatic carbocycles. The second-order valence-electron chi connectivity index (χ2n) is 9.01. The van der Waals surface area contributed by atoms with Gasteiger partial charge in [-0.25, -0.2) is 9.78 Å². The molecule has 0 saturated heterocycles. The summed E-state index contributed by atoms with van der Waals surface area (Å²) in [5.41, 5.74) is 3.18. The summed E-state index contributed by atoms with van der Waals surface area (Å²) in [5.74, 6) is -0.343. The van der Waals surface area contributed by atoms with Gasteiger partial charge in [0, 0.05) is 28.9 Å². The number of carbonyl (C=O) groups is 2. The van der Waals surface area contributed by atoms with Crippen molar-refractivity contribution in [3.8, 4) is 11.5 Å². The Morgan fingerprint density at radius 3 is 2.47 bits per heavy atom. The van der Waals surface area contributed by atoms with Crippen LogP contribution in [0, 0.1) is 5.41 Å². The van der Waals surface area contributed by atoms with E-state index in [1.54, 1.807) is 17.0 Å². The highest BCUT2D eigenvalue weighted by Gasteiger charge is 2.30. The monoisotopic (exact) mass is 533 g/mol. The highest BCUT2D eigenvalue weighted by Crippen LogP contribution is 2.40. The lowest BCUT2D eigenvalue weighted by molar-refractivity contribution is -0.139. The van der Waals surface area contributed by atoms with Gasteiger partial charge in [-0.15, -0.1) is 17.0 Å². The van der Waals surface area contributed by atoms with Gasteiger partial charge >= 0.3 is 5.97 Å². The molecule has 1 aromatic heterocycles. The van der Waals surface area contributed by atoms with Crippen LogP contribution in [0.3, 0.4) is 0 Å². The molecule has 1 aliphatic heterocycles. The van der Waals surface area contributed by atoms with Crippen molar-refractivity contribution >= 4 is 34.6 Å². The Morgan fingerprint density at radius 2 is 1.88 bits per heavy atom. The average Bonchev–Trinajstić information content (AvgIpc) is 3.06. The van der Waals surface area contributed by atoms with Gasteiger partial charge in [0.05, 0.1) is 13.2 Å². The van der Waals surface area contributed by atoms with Crippen molar-refractivity contribution in [2.45, 2.75) is 53.0 Å². The molecule has 1 aliphatic rings. The van der Waals surface area contributed by atoms with E-state index in [9.17, 15) is 9.59 Å². The molecule has 2 heterocycles. The van der Waals surface area contributed by atoms with Gasteiger partial charge < -0.3 is 19.5 Å². The van der Waals surface area contributed by atoms with Crippen LogP contribution in [-0.4, -0.2) is 52.3 Å². The van der Waals surface area contributed by atoms with Crippen LogP contribution in [0.1, 0.15) is 67.5 Å². The number of fused-ring (bicyclic) bond motifs is 1. The van der Waals surface area contributed by atoms with Crippen LogP contribution in [0.25, 0.3) is 0 Å². The number of nitrogens with zero attached hydrogens (tertiary/aromatic N) is 2. The van der Waals surface area contributed by atoms with E-state index in [0.29, 0.717) is 41.5 Å². The van der Waals surface area contributed by atoms with Crippen molar-refractivity contribution in [3.05, 3.63) is 52.3 Å². The predicted molar refractivity (Wildman–Crippen MR) is 135 cm³/mol. The number of aryl methyl sites for hydroxylation is 1. The first kappa shape index (κ1) is 27.3. The zero-order chi connectivity index (χ0) is 24.3. The van der Waals surface area contributed by atoms with E-state index < -0.39 is 18.0 Å². The number of aliphatic carboxylic acids is 1. The number of amidine groups is 1. The number of carboxylic acids is 1. The molecule has 0 amide bonds. The van der Waals surface area contributed by atoms with Gasteiger partial charge in [-0.2, -0.15) is 0 Å². The smallest absolute Gasteiger partial charge is 0.341 e. The number of carboxylic acid groups (broad SMARTS) is 1. The second-order valence-corrected chi connectivity index (χ2v) is 9.01. The number of carbonyl (C=O) groups excluding carboxylic acids is 1. The van der Waals surface area contributed by atoms with E-state index in [4.69, 9.17) is 20.0 Å². The lowest BCUT2D eigenvalue weighted by Gasteiger charge is -2.26. The zero-order valence-corrected chi connectivity index (χ0v) is 21.9. The van der Waals surface area contributed by atoms with Crippen molar-refractivity contribution in [2.75, 3.05) is 19.8 Å². The largest absolute Gasteiger partial charge is 0.490 e. The Balaban J connectivity index is 0.00000408. The Bertz CT molecular complexity index is 1090. The molecule has 0 unspecified atom stereocenters. The molecule has 0 bridgehead atoms. The first-order valence-corrected chi connectivity index (χ1v) is 11.1. The number of pyridine rings is 1. The first-order chi connectivity index (χ1) is 15.5. The molecule has 0 atom stereocenters. The van der Waals surface area contributed by atoms with Crippen LogP contribution < -0.4 is 9.47 Å². The maximum absolute atomic E-state index is 13.3. The lowest BCUT2D eigenvalue weighted by Crippen LogP contribution is -2.30. The van der Waals surface area contributed by atoms with Gasteiger partial charge in [-0.1, -0.05) is 33.8 Å². The van der Waals surface area contributed by atoms with E-state index >= 15 is 0 Å². The molecule has 0 fully saturated rings. The molecule has 0 spiro atoms. The van der Waals surface area contributed by atoms with Crippen LogP contribution in [-0.2, 0) is 23.2 Å². The van der Waals surface area contributed by atoms with Crippen molar-refractivity contribution < 1.29 is 24.2 Å². The summed E-state index contributed by atoms with van der Waals surface area (Å²) in [6.07, 6.45) is 0.783. The number of aromatic nitrogens is 1. The lowest BCUT2D eigenvalue weighted by atomic mass is 9.84. The topological polar surface area (TPSA) is 113 Å². The summed E-state index contributed by atoms with van der Waals surface area (Å²) in [4.78, 5) is 30.6. The Morgan fingerprint density at radius 1 is 1.18 bits per heavy atom. The predicted octanol–water partition coefficient (Wildman–Crippen LogP) is 4.41. The first-order valence-electron chi connectivity index (χ1n) is 11.1. The molecule has 0 saturated carbocycles. The number of ketones is 1. The van der Waals surface area contributed by atoms with Crippen LogP contribution in [0.2, 0.25) is 0 Å². The summed E-state index contributed by atoms with van der Waals surface area (Å²) in [5, 5.41) is 17.6. The van der Waals surface area contributed by atoms with Gasteiger partial charge in [0.1, 0.15) is 11.5 Å². The SMILES string of the molecule is Br.CCOc1cc(C(=O)CN2Cc3ccc(CC)nc3C2=N)cc(C(C)(C)C)c1OCC(=O)O. The second kappa shape index (κ2) is 11.0. The van der Waals surface area contributed by atoms with Crippen molar-refractivity contribution in [1.29, 1.82) is 5.41 Å². The maximum atomic E-state index is 13.3. The highest BCUT2D eigenvalue weighted by molar-refractivity contribution is 8.93. The molecular formula is C25H32BrN3O5. The number of halogens is 1. The maximum Gasteiger partial charge on any atom is 0.341 e. The van der Waals surface area contributed by atoms with E-state index in [0.717, 1.165) is 17.7 Å². The Labute approximate surface area is 210 Å². The third-order valence-corrected chi connectivity index (χ3v) is 5.46. The molecule has 8 nitrogen and oxygen atoms in total. The molecule has 34 heavy (non-hydrogen) atoms. The number of benzene rings is 1. The number of nitrogens with one attached hydrogen (secondary N) is 1. The summed E-state index contributed by atoms with van der Waals surface area (Å²) >= 11 is 0. The number of hydrogen-bond donors (Lipinski definition) is 2. The minimum Gasteiger partial charge on any atom is -0.490 e. The Hall–Kier alpha value is -2.94. The van der Waals surface area contributed by atoms with Crippen molar-refractivity contribution in [1.82, 2.24) is 9.88 Å². The fourth-order valence-corrected chi connectivity index (χ4v) is 3.76. The quantitative estimate of drug-likeness (QED) is 0.459. The van der Waals surface area contributed by atoms with Gasteiger partial charge in [0.15, 0.2) is 23.9 Å². The van der Waals surface area contributed by atoms with Gasteiger partial charge in [0.25, 0.3) is 0 Å². The standard InChI is InChI=1S/C25H31N3O5.BrH/c1-6-17-9-8-15-12-28(24(26)22(15)27-17)13-19(29)16-10-18(25(3,4)5)23(33-14-21(30)31)20(11-16)32-7-2;/h8-11,26H,6-7,12-14H2,1-5H3,(H,30,31);1H. The fourth-order valence-electron chi connectivity index (χ4n) is 3.76. The molecule has 184 valence electrons. The van der Waals surface area contributed by atoms with Crippen molar-refractivity contribution in [2.24, 2.45) is 0 Å². The Kier molecular flexibility index (Phi) is 8.83. The van der Waals surface area contributed by atoms with Gasteiger partial charge in [-0.05, 0) is 37.0 Å². The minimum atomic E-state index is -1.09. The highest BCUT2D eigenvalue weighted by atomic mass is 79.9. The molecule has 2 N–H and O–H groups in total. The van der Waals surface area contributed by atoms with Crippen LogP contribution >= 0.6 is 17.0 Å². The summed E-state index contributed by atoms with van der Waals surface area (Å²) < 4.78 is 11.3. The molecular weight excluding hydrogens is 502 g/mol. The zero-order valence-electron chi connectivity index (χ0n) is 20.2. The normalized spacial score (nSPS) is 12.7. The summed E-state index contributed by atoms with van der Waals surface area (Å²) in [6, 6.07) is 7.26. The number of rotatable bonds is 9. The molecule has 2 aromatic rings. The average molecular weight is 534 g/mol. The number of hydrogen-bond acceptors (Lipinski definition) is 6. The number of Topliss-reactive ketones (excluding diaryl/α,β-unsaturated/α-hetero) is 1. The summed E-state index contributed by atoms with van der Waals surface area (Å²) in [7, 11) is 0. The molecule has 3 rings (SSSR count). The molecule has 9 heteroatoms. The summed E-state index contributed by atoms with van der Waals surface area (Å²) in [6.45, 7) is 10.0. The van der Waals surface area contributed by atoms with Crippen LogP contribution in [0.5, 0.6) is 11.5 Å². The third-order valence-electron chi connectivity index (χ3n) is 5.46. The van der Waals surface area contributed by atoms with E-state index in [1.807, 2.05) is 46.8 Å². The van der Waals surface area contributed by atoms with Gasteiger partial charge in [-0.3, -0.25) is 10.2 Å². The van der Waals surface area contributed by atoms with Gasteiger partial charge in [0.2, 0.25) is 0 Å². The van der Waals surface area contributed by atoms with E-state index in [1.165, 1.54) is 0 Å².